The van der Waals surface area contributed by atoms with Crippen LogP contribution in [0.25, 0.3) is 0 Å². The van der Waals surface area contributed by atoms with Crippen molar-refractivity contribution in [1.82, 2.24) is 25.4 Å². The van der Waals surface area contributed by atoms with Crippen LogP contribution in [0.4, 0.5) is 5.69 Å². The van der Waals surface area contributed by atoms with Crippen LogP contribution in [0.15, 0.2) is 33.7 Å². The third kappa shape index (κ3) is 4.97. The molecule has 28 heavy (non-hydrogen) atoms. The first-order valence-electron chi connectivity index (χ1n) is 9.69. The lowest BCUT2D eigenvalue weighted by atomic mass is 10.3. The highest BCUT2D eigenvalue weighted by Crippen LogP contribution is 2.22. The summed E-state index contributed by atoms with van der Waals surface area (Å²) in [6.07, 6.45) is 3.29. The highest BCUT2D eigenvalue weighted by atomic mass is 127. The molecule has 1 saturated heterocycles. The first kappa shape index (κ1) is 21.4. The van der Waals surface area contributed by atoms with Crippen molar-refractivity contribution in [3.63, 3.8) is 0 Å². The van der Waals surface area contributed by atoms with E-state index in [0.29, 0.717) is 12.6 Å². The van der Waals surface area contributed by atoms with E-state index in [0.717, 1.165) is 67.5 Å². The molecule has 7 nitrogen and oxygen atoms in total. The Hall–Kier alpha value is -1.36. The lowest BCUT2D eigenvalue weighted by Gasteiger charge is -2.20. The van der Waals surface area contributed by atoms with Gasteiger partial charge in [0.25, 0.3) is 0 Å². The van der Waals surface area contributed by atoms with Crippen LogP contribution >= 0.6 is 39.9 Å². The number of nitrogens with zero attached hydrogens (tertiary/aromatic N) is 5. The van der Waals surface area contributed by atoms with Gasteiger partial charge in [-0.25, -0.2) is 4.99 Å². The minimum Gasteiger partial charge on any atom is -0.369 e. The SMILES string of the molecule is CCNC(=NCc1nnc2n1CCC2)NC1CCN(c2ccc(Br)cc2)C1.I. The zero-order chi connectivity index (χ0) is 18.6. The van der Waals surface area contributed by atoms with Gasteiger partial charge < -0.3 is 20.1 Å². The largest absolute Gasteiger partial charge is 0.369 e. The molecule has 4 rings (SSSR count). The third-order valence-electron chi connectivity index (χ3n) is 5.13. The summed E-state index contributed by atoms with van der Waals surface area (Å²) in [7, 11) is 0. The van der Waals surface area contributed by atoms with Crippen LogP contribution in [0.1, 0.15) is 31.4 Å². The Morgan fingerprint density at radius 3 is 2.86 bits per heavy atom. The Bertz CT molecular complexity index is 805. The number of anilines is 1. The summed E-state index contributed by atoms with van der Waals surface area (Å²) in [5, 5.41) is 15.5. The van der Waals surface area contributed by atoms with E-state index in [1.807, 2.05) is 0 Å². The van der Waals surface area contributed by atoms with E-state index in [4.69, 9.17) is 4.99 Å². The van der Waals surface area contributed by atoms with Crippen LogP contribution in [-0.4, -0.2) is 46.4 Å². The molecular weight excluding hydrogens is 533 g/mol. The Kier molecular flexibility index (Phi) is 7.55. The van der Waals surface area contributed by atoms with Gasteiger partial charge in [0.2, 0.25) is 0 Å². The monoisotopic (exact) mass is 559 g/mol. The predicted molar refractivity (Wildman–Crippen MR) is 126 cm³/mol. The molecule has 0 saturated carbocycles. The Morgan fingerprint density at radius 1 is 1.25 bits per heavy atom. The van der Waals surface area contributed by atoms with Crippen LogP contribution in [-0.2, 0) is 19.5 Å². The molecule has 2 aliphatic heterocycles. The number of aromatic nitrogens is 3. The molecule has 3 heterocycles. The molecule has 2 aliphatic rings. The summed E-state index contributed by atoms with van der Waals surface area (Å²) in [6.45, 7) is 6.54. The number of hydrogen-bond donors (Lipinski definition) is 2. The van der Waals surface area contributed by atoms with E-state index in [1.54, 1.807) is 0 Å². The van der Waals surface area contributed by atoms with Crippen LogP contribution in [0.5, 0.6) is 0 Å². The van der Waals surface area contributed by atoms with E-state index in [2.05, 4.69) is 77.4 Å². The number of aryl methyl sites for hydroxylation is 1. The number of fused-ring (bicyclic) bond motifs is 1. The van der Waals surface area contributed by atoms with E-state index < -0.39 is 0 Å². The van der Waals surface area contributed by atoms with Crippen molar-refractivity contribution in [1.29, 1.82) is 0 Å². The highest BCUT2D eigenvalue weighted by Gasteiger charge is 2.23. The highest BCUT2D eigenvalue weighted by molar-refractivity contribution is 14.0. The zero-order valence-corrected chi connectivity index (χ0v) is 20.0. The molecule has 1 aromatic carbocycles. The van der Waals surface area contributed by atoms with Crippen molar-refractivity contribution in [3.8, 4) is 0 Å². The molecule has 1 fully saturated rings. The Balaban J connectivity index is 0.00000225. The Morgan fingerprint density at radius 2 is 2.07 bits per heavy atom. The minimum absolute atomic E-state index is 0. The molecule has 1 unspecified atom stereocenters. The molecule has 1 atom stereocenters. The molecule has 0 bridgehead atoms. The van der Waals surface area contributed by atoms with Crippen LogP contribution in [0.3, 0.4) is 0 Å². The van der Waals surface area contributed by atoms with E-state index in [9.17, 15) is 0 Å². The average Bonchev–Trinajstić information content (AvgIpc) is 3.38. The van der Waals surface area contributed by atoms with Crippen molar-refractivity contribution in [2.24, 2.45) is 4.99 Å². The predicted octanol–water partition coefficient (Wildman–Crippen LogP) is 2.94. The van der Waals surface area contributed by atoms with Gasteiger partial charge in [0.1, 0.15) is 12.4 Å². The summed E-state index contributed by atoms with van der Waals surface area (Å²) >= 11 is 3.50. The van der Waals surface area contributed by atoms with E-state index in [-0.39, 0.29) is 24.0 Å². The van der Waals surface area contributed by atoms with Crippen LogP contribution in [0.2, 0.25) is 0 Å². The first-order chi connectivity index (χ1) is 13.2. The fourth-order valence-electron chi connectivity index (χ4n) is 3.76. The summed E-state index contributed by atoms with van der Waals surface area (Å²) in [5.74, 6) is 2.91. The molecule has 0 aliphatic carbocycles. The number of aliphatic imine (C=N–C) groups is 1. The lowest BCUT2D eigenvalue weighted by molar-refractivity contribution is 0.643. The fourth-order valence-corrected chi connectivity index (χ4v) is 4.02. The molecule has 9 heteroatoms. The summed E-state index contributed by atoms with van der Waals surface area (Å²) < 4.78 is 3.32. The molecule has 1 aromatic heterocycles. The number of hydrogen-bond acceptors (Lipinski definition) is 4. The van der Waals surface area contributed by atoms with Gasteiger partial charge in [-0.05, 0) is 44.0 Å². The topological polar surface area (TPSA) is 70.4 Å². The maximum atomic E-state index is 4.75. The van der Waals surface area contributed by atoms with Crippen molar-refractivity contribution < 1.29 is 0 Å². The molecule has 0 amide bonds. The van der Waals surface area contributed by atoms with Gasteiger partial charge in [-0.15, -0.1) is 34.2 Å². The third-order valence-corrected chi connectivity index (χ3v) is 5.66. The Labute approximate surface area is 191 Å². The van der Waals surface area contributed by atoms with E-state index >= 15 is 0 Å². The number of halogens is 2. The molecule has 2 aromatic rings. The van der Waals surface area contributed by atoms with Crippen molar-refractivity contribution >= 4 is 51.6 Å². The summed E-state index contributed by atoms with van der Waals surface area (Å²) in [5.41, 5.74) is 1.27. The minimum atomic E-state index is 0. The lowest BCUT2D eigenvalue weighted by Crippen LogP contribution is -2.44. The second kappa shape index (κ2) is 9.91. The average molecular weight is 560 g/mol. The van der Waals surface area contributed by atoms with Crippen LogP contribution in [0, 0.1) is 0 Å². The maximum Gasteiger partial charge on any atom is 0.191 e. The van der Waals surface area contributed by atoms with Crippen molar-refractivity contribution in [2.45, 2.75) is 45.3 Å². The van der Waals surface area contributed by atoms with Gasteiger partial charge in [-0.2, -0.15) is 0 Å². The van der Waals surface area contributed by atoms with Gasteiger partial charge >= 0.3 is 0 Å². The van der Waals surface area contributed by atoms with Gasteiger partial charge in [-0.1, -0.05) is 15.9 Å². The molecular formula is C19H27BrIN7. The molecule has 152 valence electrons. The quantitative estimate of drug-likeness (QED) is 0.335. The van der Waals surface area contributed by atoms with Gasteiger partial charge in [-0.3, -0.25) is 0 Å². The van der Waals surface area contributed by atoms with E-state index in [1.165, 1.54) is 5.69 Å². The summed E-state index contributed by atoms with van der Waals surface area (Å²) in [6, 6.07) is 8.91. The zero-order valence-electron chi connectivity index (χ0n) is 16.1. The standard InChI is InChI=1S/C19H26BrN7.HI/c1-2-21-19(22-12-18-25-24-17-4-3-10-27(17)18)23-15-9-11-26(13-15)16-7-5-14(20)6-8-16;/h5-8,15H,2-4,9-13H2,1H3,(H2,21,22,23);1H. The fraction of sp³-hybridized carbons (Fsp3) is 0.526. The second-order valence-corrected chi connectivity index (χ2v) is 7.95. The van der Waals surface area contributed by atoms with Gasteiger partial charge in [0.05, 0.1) is 0 Å². The number of rotatable bonds is 5. The molecule has 0 spiro atoms. The normalized spacial score (nSPS) is 18.7. The first-order valence-corrected chi connectivity index (χ1v) is 10.5. The summed E-state index contributed by atoms with van der Waals surface area (Å²) in [4.78, 5) is 7.17. The molecule has 2 N–H and O–H groups in total. The van der Waals surface area contributed by atoms with Gasteiger partial charge in [0, 0.05) is 48.8 Å². The van der Waals surface area contributed by atoms with Crippen LogP contribution < -0.4 is 15.5 Å². The maximum absolute atomic E-state index is 4.75. The number of benzene rings is 1. The number of guanidine groups is 1. The number of nitrogens with one attached hydrogen (secondary N) is 2. The van der Waals surface area contributed by atoms with Crippen molar-refractivity contribution in [3.05, 3.63) is 40.4 Å². The molecule has 0 radical (unpaired) electrons. The smallest absolute Gasteiger partial charge is 0.191 e. The van der Waals surface area contributed by atoms with Crippen molar-refractivity contribution in [2.75, 3.05) is 24.5 Å². The van der Waals surface area contributed by atoms with Gasteiger partial charge in [0.15, 0.2) is 11.8 Å². The second-order valence-electron chi connectivity index (χ2n) is 7.04.